The van der Waals surface area contributed by atoms with Crippen LogP contribution in [0, 0.1) is 0 Å². The van der Waals surface area contributed by atoms with Crippen LogP contribution in [0.15, 0.2) is 60.7 Å². The number of fused-ring (bicyclic) bond motifs is 1. The molecule has 25 heavy (non-hydrogen) atoms. The van der Waals surface area contributed by atoms with E-state index < -0.39 is 0 Å². The smallest absolute Gasteiger partial charge is 0.206 e. The minimum Gasteiger partial charge on any atom is -0.372 e. The maximum absolute atomic E-state index is 3.45. The van der Waals surface area contributed by atoms with Crippen LogP contribution in [0.1, 0.15) is 37.5 Å². The van der Waals surface area contributed by atoms with Crippen LogP contribution in [0.4, 0.5) is 5.69 Å². The average Bonchev–Trinajstić information content (AvgIpc) is 2.66. The third-order valence-electron chi connectivity index (χ3n) is 4.67. The first-order valence-electron chi connectivity index (χ1n) is 9.22. The number of anilines is 1. The van der Waals surface area contributed by atoms with Crippen LogP contribution < -0.4 is 9.89 Å². The van der Waals surface area contributed by atoms with Crippen molar-refractivity contribution >= 4 is 23.0 Å². The van der Waals surface area contributed by atoms with Gasteiger partial charge in [-0.1, -0.05) is 30.3 Å². The van der Waals surface area contributed by atoms with Gasteiger partial charge in [-0.2, -0.15) is 0 Å². The summed E-state index contributed by atoms with van der Waals surface area (Å²) in [7, 11) is 0. The molecule has 0 aliphatic heterocycles. The van der Waals surface area contributed by atoms with Gasteiger partial charge < -0.3 is 4.90 Å². The number of hydrogen-bond donors (Lipinski definition) is 1. The van der Waals surface area contributed by atoms with Crippen LogP contribution in [-0.2, 0) is 0 Å². The van der Waals surface area contributed by atoms with Gasteiger partial charge in [-0.05, 0) is 67.8 Å². The second-order valence-electron chi connectivity index (χ2n) is 6.19. The lowest BCUT2D eigenvalue weighted by atomic mass is 9.90. The van der Waals surface area contributed by atoms with E-state index >= 15 is 0 Å². The zero-order chi connectivity index (χ0) is 17.6. The van der Waals surface area contributed by atoms with Crippen LogP contribution in [0.2, 0.25) is 0 Å². The van der Waals surface area contributed by atoms with Crippen molar-refractivity contribution in [3.8, 4) is 0 Å². The molecule has 0 saturated heterocycles. The topological polar surface area (TPSA) is 17.2 Å². The first-order valence-corrected chi connectivity index (χ1v) is 9.22. The molecular weight excluding hydrogens is 304 g/mol. The van der Waals surface area contributed by atoms with Gasteiger partial charge in [-0.15, -0.1) is 0 Å². The second-order valence-corrected chi connectivity index (χ2v) is 6.19. The quantitative estimate of drug-likeness (QED) is 0.887. The van der Waals surface area contributed by atoms with Crippen molar-refractivity contribution in [3.05, 3.63) is 77.4 Å². The Labute approximate surface area is 151 Å². The first-order chi connectivity index (χ1) is 12.3. The average molecular weight is 331 g/mol. The van der Waals surface area contributed by atoms with Crippen molar-refractivity contribution in [1.82, 2.24) is 0 Å². The Balaban J connectivity index is 1.94. The molecule has 1 N–H and O–H groups in total. The van der Waals surface area contributed by atoms with Gasteiger partial charge in [0.05, 0.1) is 5.56 Å². The summed E-state index contributed by atoms with van der Waals surface area (Å²) in [5.41, 5.74) is 7.54. The molecule has 0 spiro atoms. The van der Waals surface area contributed by atoms with Gasteiger partial charge in [0, 0.05) is 24.9 Å². The molecule has 0 aromatic heterocycles. The van der Waals surface area contributed by atoms with Crippen LogP contribution in [0.25, 0.3) is 11.6 Å². The maximum Gasteiger partial charge on any atom is 0.206 e. The summed E-state index contributed by atoms with van der Waals surface area (Å²) in [5, 5.41) is 0. The van der Waals surface area contributed by atoms with Crippen LogP contribution in [0.5, 0.6) is 0 Å². The van der Waals surface area contributed by atoms with Gasteiger partial charge >= 0.3 is 0 Å². The Morgan fingerprint density at radius 2 is 1.52 bits per heavy atom. The number of nitrogens with one attached hydrogen (secondary N) is 1. The molecule has 0 heterocycles. The summed E-state index contributed by atoms with van der Waals surface area (Å²) >= 11 is 0. The van der Waals surface area contributed by atoms with Crippen molar-refractivity contribution in [1.29, 1.82) is 0 Å². The lowest BCUT2D eigenvalue weighted by Crippen LogP contribution is -2.72. The van der Waals surface area contributed by atoms with E-state index in [0.29, 0.717) is 0 Å². The van der Waals surface area contributed by atoms with Crippen molar-refractivity contribution in [2.24, 2.45) is 0 Å². The molecule has 2 aromatic rings. The van der Waals surface area contributed by atoms with E-state index in [2.05, 4.69) is 97.4 Å². The zero-order valence-electron chi connectivity index (χ0n) is 15.4. The van der Waals surface area contributed by atoms with Gasteiger partial charge in [-0.3, -0.25) is 0 Å². The molecule has 3 rings (SSSR count). The van der Waals surface area contributed by atoms with Crippen LogP contribution in [0.3, 0.4) is 0 Å². The van der Waals surface area contributed by atoms with Gasteiger partial charge in [0.25, 0.3) is 0 Å². The molecule has 0 amide bonds. The fourth-order valence-electron chi connectivity index (χ4n) is 3.34. The highest BCUT2D eigenvalue weighted by atomic mass is 15.1. The van der Waals surface area contributed by atoms with Crippen molar-refractivity contribution < 1.29 is 4.99 Å². The molecule has 0 radical (unpaired) electrons. The zero-order valence-corrected chi connectivity index (χ0v) is 15.4. The summed E-state index contributed by atoms with van der Waals surface area (Å²) in [6, 6.07) is 17.5. The first kappa shape index (κ1) is 17.2. The Bertz CT molecular complexity index is 806. The Morgan fingerprint density at radius 1 is 0.840 bits per heavy atom. The molecule has 0 atom stereocenters. The fraction of sp³-hybridized carbons (Fsp3) is 0.261. The van der Waals surface area contributed by atoms with E-state index in [1.54, 1.807) is 0 Å². The molecule has 0 fully saturated rings. The highest BCUT2D eigenvalue weighted by Crippen LogP contribution is 2.27. The predicted molar refractivity (Wildman–Crippen MR) is 109 cm³/mol. The molecule has 1 aliphatic rings. The molecule has 1 aliphatic carbocycles. The molecule has 0 saturated carbocycles. The summed E-state index contributed by atoms with van der Waals surface area (Å²) in [4.78, 5) is 5.82. The van der Waals surface area contributed by atoms with E-state index in [0.717, 1.165) is 19.6 Å². The number of benzene rings is 2. The number of rotatable bonds is 5. The van der Waals surface area contributed by atoms with E-state index in [4.69, 9.17) is 0 Å². The number of allylic oxidation sites excluding steroid dienone is 3. The molecule has 2 heteroatoms. The maximum atomic E-state index is 3.45. The Hall–Kier alpha value is -2.61. The minimum atomic E-state index is 0.930. The van der Waals surface area contributed by atoms with Crippen LogP contribution in [-0.4, -0.2) is 25.3 Å². The Kier molecular flexibility index (Phi) is 5.49. The van der Waals surface area contributed by atoms with Gasteiger partial charge in [0.1, 0.15) is 6.54 Å². The molecule has 0 bridgehead atoms. The van der Waals surface area contributed by atoms with E-state index in [-0.39, 0.29) is 0 Å². The number of nitrogens with zero attached hydrogens (tertiary/aromatic N) is 1. The van der Waals surface area contributed by atoms with E-state index in [1.807, 2.05) is 0 Å². The summed E-state index contributed by atoms with van der Waals surface area (Å²) in [6.07, 6.45) is 6.66. The van der Waals surface area contributed by atoms with Gasteiger partial charge in [-0.25, -0.2) is 4.99 Å². The summed E-state index contributed by atoms with van der Waals surface area (Å²) < 4.78 is 0. The predicted octanol–water partition coefficient (Wildman–Crippen LogP) is 3.53. The van der Waals surface area contributed by atoms with E-state index in [9.17, 15) is 0 Å². The van der Waals surface area contributed by atoms with Crippen molar-refractivity contribution in [2.75, 3.05) is 24.5 Å². The highest BCUT2D eigenvalue weighted by molar-refractivity contribution is 6.14. The molecule has 128 valence electrons. The number of hydrogen-bond acceptors (Lipinski definition) is 1. The summed E-state index contributed by atoms with van der Waals surface area (Å²) in [5.74, 6) is 0. The molecular formula is C23H27N2+. The van der Waals surface area contributed by atoms with Gasteiger partial charge in [0.2, 0.25) is 5.71 Å². The molecule has 0 unspecified atom stereocenters. The third kappa shape index (κ3) is 3.74. The monoisotopic (exact) mass is 331 g/mol. The fourth-order valence-corrected chi connectivity index (χ4v) is 3.34. The van der Waals surface area contributed by atoms with Crippen molar-refractivity contribution in [2.45, 2.75) is 20.8 Å². The molecule has 2 aromatic carbocycles. The highest BCUT2D eigenvalue weighted by Gasteiger charge is 2.17. The Morgan fingerprint density at radius 3 is 2.16 bits per heavy atom. The third-order valence-corrected chi connectivity index (χ3v) is 4.67. The van der Waals surface area contributed by atoms with Crippen LogP contribution >= 0.6 is 0 Å². The van der Waals surface area contributed by atoms with E-state index in [1.165, 1.54) is 33.7 Å². The SMILES string of the molecule is CC[NH+]=C1C=CC(=Cc2ccc(N(CC)CC)cc2)c2ccccc21. The summed E-state index contributed by atoms with van der Waals surface area (Å²) in [6.45, 7) is 9.53. The molecule has 2 nitrogen and oxygen atoms in total. The second kappa shape index (κ2) is 7.98. The van der Waals surface area contributed by atoms with Crippen molar-refractivity contribution in [3.63, 3.8) is 0 Å². The normalized spacial score (nSPS) is 16.3. The minimum absolute atomic E-state index is 0.930. The van der Waals surface area contributed by atoms with Gasteiger partial charge in [0.15, 0.2) is 0 Å². The standard InChI is InChI=1S/C23H26N2/c1-4-24-23-16-13-19(21-9-7-8-10-22(21)23)17-18-11-14-20(15-12-18)25(5-2)6-3/h7-17H,4-6H2,1-3H3/p+1. The largest absolute Gasteiger partial charge is 0.372 e. The lowest BCUT2D eigenvalue weighted by Gasteiger charge is -2.21. The lowest BCUT2D eigenvalue weighted by molar-refractivity contribution is -0.450.